The van der Waals surface area contributed by atoms with Crippen molar-refractivity contribution in [3.63, 3.8) is 0 Å². The van der Waals surface area contributed by atoms with Crippen LogP contribution in [0, 0.1) is 35.8 Å². The molecule has 4 unspecified atom stereocenters. The summed E-state index contributed by atoms with van der Waals surface area (Å²) in [5.74, 6) is -5.05. The molecule has 40 nitrogen and oxygen atoms in total. The molecule has 0 saturated carbocycles. The van der Waals surface area contributed by atoms with Crippen molar-refractivity contribution in [3.05, 3.63) is 172 Å². The summed E-state index contributed by atoms with van der Waals surface area (Å²) < 4.78 is 33.3. The lowest BCUT2D eigenvalue weighted by Gasteiger charge is -2.40. The lowest BCUT2D eigenvalue weighted by atomic mass is 9.93. The number of aliphatic carboxylic acids is 1. The van der Waals surface area contributed by atoms with Gasteiger partial charge in [-0.15, -0.1) is 0 Å². The summed E-state index contributed by atoms with van der Waals surface area (Å²) in [6, 6.07) is 19.1. The van der Waals surface area contributed by atoms with E-state index >= 15 is 0 Å². The summed E-state index contributed by atoms with van der Waals surface area (Å²) in [5.41, 5.74) is 4.00. The number of anilines is 2. The number of nitro groups is 3. The van der Waals surface area contributed by atoms with Gasteiger partial charge in [0.05, 0.1) is 79.0 Å². The highest BCUT2D eigenvalue weighted by atomic mass is 79.9. The van der Waals surface area contributed by atoms with E-state index in [4.69, 9.17) is 51.2 Å². The minimum atomic E-state index is -1.31. The average molecular weight is 2100 g/mol. The van der Waals surface area contributed by atoms with E-state index in [2.05, 4.69) is 100 Å². The summed E-state index contributed by atoms with van der Waals surface area (Å²) in [6.07, 6.45) is -1.31. The molecule has 0 aliphatic carbocycles. The van der Waals surface area contributed by atoms with Crippen molar-refractivity contribution in [2.45, 2.75) is 130 Å². The Morgan fingerprint density at radius 1 is 0.504 bits per heavy atom. The Bertz CT molecular complexity index is 4770. The van der Waals surface area contributed by atoms with E-state index in [0.29, 0.717) is 61.0 Å². The zero-order valence-corrected chi connectivity index (χ0v) is 79.3. The number of aromatic carboxylic acids is 1. The number of rotatable bonds is 11. The van der Waals surface area contributed by atoms with Gasteiger partial charge in [0.2, 0.25) is 5.91 Å². The summed E-state index contributed by atoms with van der Waals surface area (Å²) in [4.78, 5) is 193. The van der Waals surface area contributed by atoms with Gasteiger partial charge in [0.25, 0.3) is 40.0 Å². The van der Waals surface area contributed by atoms with Crippen LogP contribution in [0.5, 0.6) is 0 Å². The third kappa shape index (κ3) is 34.0. The number of nitrogens with one attached hydrogen (secondary N) is 3. The molecule has 4 fully saturated rings. The minimum Gasteiger partial charge on any atom is -0.481 e. The van der Waals surface area contributed by atoms with Gasteiger partial charge >= 0.3 is 48.1 Å². The number of halogens is 6. The fraction of sp³-hybridized carbons (Fsp3) is 0.456. The van der Waals surface area contributed by atoms with Gasteiger partial charge in [0.1, 0.15) is 57.7 Å². The summed E-state index contributed by atoms with van der Waals surface area (Å²) in [7, 11) is 3.74. The molecule has 5 aromatic rings. The maximum atomic E-state index is 13.1. The van der Waals surface area contributed by atoms with Crippen molar-refractivity contribution in [1.82, 2.24) is 40.0 Å². The Hall–Kier alpha value is -10.6. The second kappa shape index (κ2) is 47.7. The van der Waals surface area contributed by atoms with Gasteiger partial charge in [-0.1, -0.05) is 100 Å². The van der Waals surface area contributed by atoms with Gasteiger partial charge in [0.15, 0.2) is 0 Å². The van der Waals surface area contributed by atoms with Crippen molar-refractivity contribution < 1.29 is 116 Å². The summed E-state index contributed by atoms with van der Waals surface area (Å²) >= 11 is 21.1. The molecule has 5 aromatic carbocycles. The highest BCUT2D eigenvalue weighted by Crippen LogP contribution is 2.32. The number of carbonyl (C=O) groups excluding carboxylic acids is 11. The Balaban J connectivity index is 0.000000316. The number of carbonyl (C=O) groups is 13. The number of nitro benzene ring substituents is 3. The van der Waals surface area contributed by atoms with Gasteiger partial charge in [-0.3, -0.25) is 63.9 Å². The van der Waals surface area contributed by atoms with Crippen molar-refractivity contribution in [1.29, 1.82) is 0 Å². The van der Waals surface area contributed by atoms with Crippen LogP contribution in [-0.4, -0.2) is 272 Å². The number of hydrogen-bond donors (Lipinski definition) is 6. The molecule has 0 bridgehead atoms. The first-order chi connectivity index (χ1) is 57.9. The molecule has 0 aromatic heterocycles. The van der Waals surface area contributed by atoms with Crippen LogP contribution in [0.25, 0.3) is 0 Å². The van der Waals surface area contributed by atoms with Crippen LogP contribution in [0.2, 0.25) is 0 Å². The quantitative estimate of drug-likeness (QED) is 0.0179. The van der Waals surface area contributed by atoms with E-state index in [1.807, 2.05) is 47.6 Å². The van der Waals surface area contributed by atoms with Gasteiger partial charge in [-0.25, -0.2) is 28.8 Å². The molecule has 10 rings (SSSR count). The third-order valence-electron chi connectivity index (χ3n) is 17.2. The highest BCUT2D eigenvalue weighted by Gasteiger charge is 2.44. The first-order valence-corrected chi connectivity index (χ1v) is 41.9. The number of carboxylic acid groups (broad SMARTS) is 2. The Labute approximate surface area is 765 Å². The lowest BCUT2D eigenvalue weighted by Crippen LogP contribution is -2.60. The molecule has 4 atom stereocenters. The van der Waals surface area contributed by atoms with Crippen LogP contribution < -0.4 is 21.7 Å². The number of amides is 7. The van der Waals surface area contributed by atoms with Gasteiger partial charge < -0.3 is 89.7 Å². The zero-order chi connectivity index (χ0) is 94.8. The van der Waals surface area contributed by atoms with E-state index in [1.54, 1.807) is 76.8 Å². The number of ether oxygens (including phenoxy) is 6. The van der Waals surface area contributed by atoms with E-state index in [0.717, 1.165) is 17.1 Å². The molecule has 0 radical (unpaired) electrons. The Morgan fingerprint density at radius 2 is 0.888 bits per heavy atom. The first kappa shape index (κ1) is 107. The number of nitrogen functional groups attached to an aromatic ring is 1. The molecule has 0 spiro atoms. The number of piperazine rings is 4. The van der Waals surface area contributed by atoms with Gasteiger partial charge in [-0.2, -0.15) is 0 Å². The summed E-state index contributed by atoms with van der Waals surface area (Å²) in [6.45, 7) is 25.1. The van der Waals surface area contributed by atoms with Crippen molar-refractivity contribution in [2.75, 3.05) is 111 Å². The predicted molar refractivity (Wildman–Crippen MR) is 471 cm³/mol. The van der Waals surface area contributed by atoms with Crippen LogP contribution in [0.15, 0.2) is 113 Å². The second-order valence-electron chi connectivity index (χ2n) is 31.5. The number of nitrogens with two attached hydrogens (primary N) is 1. The standard InChI is InChI=1S/C18H22BrN3O7.C18H24BrN3O5.C12H12BrN3O2.C11H20N2O4.C7H3BrClNO3.C7H4BrNO4.C6H12O2/c1-18(2,3)29-17(25)20-7-8-21(14(10-20)16(24)28-4)15(23)12-9-11(19)5-6-13(12)22(26)27;1-18(2,3)27-17(25)21-7-8-22(14(10-21)16(24)26-4)15(23)12-9-11(19)5-6-13(12)20;13-7-1-2-9-8(5-7)12(18)16-4-3-14-6-10(16)11(17)15-9;1-11(2,3)17-10(15)13-6-5-12-8(7-13)9(14)16-4;8-4-1-2-6(10(12)13)5(3-4)7(9)11;8-4-1-2-6(9(12)13)5(3-4)7(10)11;1-6(2,3)4-5(7)8/h5-6,9,14H,7-8,10H2,1-4H3;5-6,9,14H,7-8,10,20H2,1-4H3;1-2,5,10,14H,3-4,6H2,(H,15,17);8,12H,5-7H2,1-4H3;1-3H;1-3H,(H,10,11);4H2,1-3H3,(H,7,8). The van der Waals surface area contributed by atoms with E-state index < -0.39 is 121 Å². The Kier molecular flexibility index (Phi) is 40.7. The first-order valence-electron chi connectivity index (χ1n) is 37.6. The van der Waals surface area contributed by atoms with Crippen LogP contribution in [-0.2, 0) is 52.4 Å². The molecule has 5 heterocycles. The molecular formula is C79H97Br5ClN13O27. The number of hydrogen-bond acceptors (Lipinski definition) is 28. The molecule has 7 N–H and O–H groups in total. The average Bonchev–Trinajstić information content (AvgIpc) is 1.77. The van der Waals surface area contributed by atoms with E-state index in [-0.39, 0.29) is 109 Å². The highest BCUT2D eigenvalue weighted by molar-refractivity contribution is 9.11. The molecular weight excluding hydrogens is 2000 g/mol. The van der Waals surface area contributed by atoms with Crippen LogP contribution in [0.4, 0.5) is 42.8 Å². The van der Waals surface area contributed by atoms with Crippen molar-refractivity contribution >= 4 is 197 Å². The van der Waals surface area contributed by atoms with Crippen LogP contribution >= 0.6 is 91.3 Å². The molecule has 7 amide bonds. The van der Waals surface area contributed by atoms with Gasteiger partial charge in [0, 0.05) is 105 Å². The molecule has 125 heavy (non-hydrogen) atoms. The second-order valence-corrected chi connectivity index (χ2v) is 36.4. The number of fused-ring (bicyclic) bond motifs is 2. The Morgan fingerprint density at radius 3 is 1.29 bits per heavy atom. The lowest BCUT2D eigenvalue weighted by molar-refractivity contribution is -0.385. The number of methoxy groups -OCH3 is 3. The smallest absolute Gasteiger partial charge is 0.410 e. The fourth-order valence-corrected chi connectivity index (χ4v) is 13.5. The predicted octanol–water partition coefficient (Wildman–Crippen LogP) is 12.3. The monoisotopic (exact) mass is 2090 g/mol. The molecule has 5 aliphatic heterocycles. The number of carboxylic acids is 2. The number of benzene rings is 5. The number of esters is 3. The van der Waals surface area contributed by atoms with E-state index in [1.165, 1.54) is 94.4 Å². The topological polar surface area (TPSA) is 529 Å². The summed E-state index contributed by atoms with van der Waals surface area (Å²) in [5, 5.41) is 57.1. The van der Waals surface area contributed by atoms with Crippen LogP contribution in [0.3, 0.4) is 0 Å². The molecule has 5 aliphatic rings. The van der Waals surface area contributed by atoms with Crippen molar-refractivity contribution in [3.8, 4) is 0 Å². The molecule has 46 heteroatoms. The van der Waals surface area contributed by atoms with Crippen LogP contribution in [0.1, 0.15) is 141 Å². The van der Waals surface area contributed by atoms with Gasteiger partial charge in [-0.05, 0) is 152 Å². The fourth-order valence-electron chi connectivity index (χ4n) is 11.6. The molecule has 4 saturated heterocycles. The molecule has 682 valence electrons. The van der Waals surface area contributed by atoms with Crippen molar-refractivity contribution in [2.24, 2.45) is 5.41 Å². The largest absolute Gasteiger partial charge is 0.481 e. The zero-order valence-electron chi connectivity index (χ0n) is 70.6. The SMILES string of the molecule is CC(C)(C)CC(=O)O.COC(=O)C1CN(C(=O)OC(C)(C)C)CCN1.COC(=O)C1CN(C(=O)OC(C)(C)C)CCN1C(=O)c1cc(Br)ccc1N.COC(=O)C1CN(C(=O)OC(C)(C)C)CCN1C(=O)c1cc(Br)ccc1[N+](=O)[O-].O=C(Cl)c1cc(Br)ccc1[N+](=O)[O-].O=C(O)c1cc(Br)ccc1[N+](=O)[O-].O=C1Nc2ccc(Br)cc2C(=O)N2CCNCC12. The number of nitrogens with zero attached hydrogens (tertiary/aromatic N) is 9. The normalized spacial score (nSPS) is 16.6. The third-order valence-corrected chi connectivity index (χ3v) is 19.9. The maximum Gasteiger partial charge on any atom is 0.410 e. The van der Waals surface area contributed by atoms with E-state index in [9.17, 15) is 92.7 Å². The minimum absolute atomic E-state index is 0.0124. The maximum absolute atomic E-state index is 13.1.